The molecule has 1 fully saturated rings. The highest BCUT2D eigenvalue weighted by Crippen LogP contribution is 2.16. The quantitative estimate of drug-likeness (QED) is 0.646. The first-order valence-electron chi connectivity index (χ1n) is 4.80. The molecule has 0 unspecified atom stereocenters. The maximum atomic E-state index is 11.4. The lowest BCUT2D eigenvalue weighted by atomic mass is 9.97. The summed E-state index contributed by atoms with van der Waals surface area (Å²) in [5.41, 5.74) is 0. The first-order valence-corrected chi connectivity index (χ1v) is 4.80. The van der Waals surface area contributed by atoms with E-state index in [4.69, 9.17) is 5.11 Å². The lowest BCUT2D eigenvalue weighted by molar-refractivity contribution is -0.145. The number of carboxylic acids is 1. The van der Waals surface area contributed by atoms with E-state index < -0.39 is 5.97 Å². The molecule has 1 aliphatic rings. The lowest BCUT2D eigenvalue weighted by Gasteiger charge is -2.30. The van der Waals surface area contributed by atoms with Crippen LogP contribution >= 0.6 is 0 Å². The van der Waals surface area contributed by atoms with Gasteiger partial charge in [-0.05, 0) is 19.9 Å². The summed E-state index contributed by atoms with van der Waals surface area (Å²) in [6.45, 7) is 1.46. The smallest absolute Gasteiger partial charge is 0.306 e. The molecule has 0 aliphatic carbocycles. The molecule has 0 aromatic rings. The molecule has 0 saturated carbocycles. The van der Waals surface area contributed by atoms with Crippen LogP contribution < -0.4 is 5.32 Å². The number of nitrogens with one attached hydrogen (secondary N) is 1. The van der Waals surface area contributed by atoms with Gasteiger partial charge >= 0.3 is 5.97 Å². The van der Waals surface area contributed by atoms with Crippen LogP contribution in [0.25, 0.3) is 0 Å². The number of nitrogens with zero attached hydrogens (tertiary/aromatic N) is 1. The van der Waals surface area contributed by atoms with Gasteiger partial charge in [0.15, 0.2) is 0 Å². The summed E-state index contributed by atoms with van der Waals surface area (Å²) in [7, 11) is 1.72. The summed E-state index contributed by atoms with van der Waals surface area (Å²) in [5, 5.41) is 11.5. The van der Waals surface area contributed by atoms with Gasteiger partial charge in [0.1, 0.15) is 0 Å². The van der Waals surface area contributed by atoms with Crippen molar-refractivity contribution in [1.29, 1.82) is 0 Å². The lowest BCUT2D eigenvalue weighted by Crippen LogP contribution is -2.43. The van der Waals surface area contributed by atoms with Crippen LogP contribution in [0, 0.1) is 5.92 Å². The number of carboxylic acid groups (broad SMARTS) is 1. The van der Waals surface area contributed by atoms with Crippen molar-refractivity contribution in [1.82, 2.24) is 10.2 Å². The summed E-state index contributed by atoms with van der Waals surface area (Å²) in [6, 6.07) is 0. The first kappa shape index (κ1) is 11.0. The van der Waals surface area contributed by atoms with Crippen molar-refractivity contribution in [3.63, 3.8) is 0 Å². The summed E-state index contributed by atoms with van der Waals surface area (Å²) >= 11 is 0. The van der Waals surface area contributed by atoms with E-state index in [1.54, 1.807) is 11.9 Å². The Bertz CT molecular complexity index is 222. The first-order chi connectivity index (χ1) is 6.65. The molecule has 0 atom stereocenters. The van der Waals surface area contributed by atoms with Gasteiger partial charge in [-0.2, -0.15) is 0 Å². The number of carbonyl (C=O) groups is 2. The van der Waals surface area contributed by atoms with Gasteiger partial charge in [-0.3, -0.25) is 9.59 Å². The number of likely N-dealkylation sites (N-methyl/N-ethyl adjacent to an activating group) is 1. The monoisotopic (exact) mass is 200 g/mol. The van der Waals surface area contributed by atoms with Gasteiger partial charge in [0, 0.05) is 13.1 Å². The Morgan fingerprint density at radius 1 is 1.43 bits per heavy atom. The van der Waals surface area contributed by atoms with Crippen molar-refractivity contribution in [2.75, 3.05) is 26.7 Å². The van der Waals surface area contributed by atoms with Gasteiger partial charge < -0.3 is 15.3 Å². The van der Waals surface area contributed by atoms with Gasteiger partial charge in [-0.15, -0.1) is 0 Å². The molecule has 0 aromatic heterocycles. The molecule has 0 radical (unpaired) electrons. The van der Waals surface area contributed by atoms with Gasteiger partial charge in [0.25, 0.3) is 0 Å². The largest absolute Gasteiger partial charge is 0.481 e. The van der Waals surface area contributed by atoms with Gasteiger partial charge in [0.05, 0.1) is 12.5 Å². The van der Waals surface area contributed by atoms with E-state index in [1.165, 1.54) is 0 Å². The molecule has 0 aromatic carbocycles. The zero-order valence-corrected chi connectivity index (χ0v) is 8.32. The third kappa shape index (κ3) is 2.70. The Morgan fingerprint density at radius 2 is 2.00 bits per heavy atom. The number of piperidine rings is 1. The maximum Gasteiger partial charge on any atom is 0.306 e. The van der Waals surface area contributed by atoms with E-state index >= 15 is 0 Å². The number of hydrogen-bond donors (Lipinski definition) is 2. The average molecular weight is 200 g/mol. The molecule has 5 nitrogen and oxygen atoms in total. The Labute approximate surface area is 83.1 Å². The second-order valence-corrected chi connectivity index (χ2v) is 3.52. The highest BCUT2D eigenvalue weighted by molar-refractivity contribution is 5.78. The molecule has 1 heterocycles. The highest BCUT2D eigenvalue weighted by atomic mass is 16.4. The molecule has 1 rings (SSSR count). The predicted molar refractivity (Wildman–Crippen MR) is 50.9 cm³/mol. The Balaban J connectivity index is 2.35. The second kappa shape index (κ2) is 4.95. The van der Waals surface area contributed by atoms with Crippen molar-refractivity contribution in [2.24, 2.45) is 5.92 Å². The number of hydrogen-bond acceptors (Lipinski definition) is 3. The van der Waals surface area contributed by atoms with Crippen LogP contribution in [-0.2, 0) is 9.59 Å². The minimum absolute atomic E-state index is 0.0522. The molecule has 1 amide bonds. The van der Waals surface area contributed by atoms with Crippen LogP contribution in [0.4, 0.5) is 0 Å². The standard InChI is InChI=1S/C9H16N2O3/c1-10-6-8(12)11-4-2-7(3-5-11)9(13)14/h7,10H,2-6H2,1H3,(H,13,14). The number of rotatable bonds is 3. The number of aliphatic carboxylic acids is 1. The second-order valence-electron chi connectivity index (χ2n) is 3.52. The Hall–Kier alpha value is -1.10. The number of likely N-dealkylation sites (tertiary alicyclic amines) is 1. The molecule has 1 aliphatic heterocycles. The minimum atomic E-state index is -0.745. The predicted octanol–water partition coefficient (Wildman–Crippen LogP) is -0.471. The Kier molecular flexibility index (Phi) is 3.88. The van der Waals surface area contributed by atoms with Gasteiger partial charge in [-0.25, -0.2) is 0 Å². The number of amides is 1. The fraction of sp³-hybridized carbons (Fsp3) is 0.778. The molecular formula is C9H16N2O3. The van der Waals surface area contributed by atoms with E-state index in [9.17, 15) is 9.59 Å². The highest BCUT2D eigenvalue weighted by Gasteiger charge is 2.26. The van der Waals surface area contributed by atoms with Crippen LogP contribution in [-0.4, -0.2) is 48.6 Å². The van der Waals surface area contributed by atoms with E-state index in [0.717, 1.165) is 0 Å². The molecule has 80 valence electrons. The molecule has 0 spiro atoms. The summed E-state index contributed by atoms with van der Waals surface area (Å²) < 4.78 is 0. The van der Waals surface area contributed by atoms with E-state index in [1.807, 2.05) is 0 Å². The molecular weight excluding hydrogens is 184 g/mol. The fourth-order valence-corrected chi connectivity index (χ4v) is 1.64. The van der Waals surface area contributed by atoms with Gasteiger partial charge in [0.2, 0.25) is 5.91 Å². The third-order valence-corrected chi connectivity index (χ3v) is 2.52. The van der Waals surface area contributed by atoms with Crippen molar-refractivity contribution < 1.29 is 14.7 Å². The number of carbonyl (C=O) groups excluding carboxylic acids is 1. The minimum Gasteiger partial charge on any atom is -0.481 e. The van der Waals surface area contributed by atoms with Crippen molar-refractivity contribution in [2.45, 2.75) is 12.8 Å². The van der Waals surface area contributed by atoms with Crippen molar-refractivity contribution in [3.05, 3.63) is 0 Å². The fourth-order valence-electron chi connectivity index (χ4n) is 1.64. The van der Waals surface area contributed by atoms with Crippen LogP contribution in [0.3, 0.4) is 0 Å². The SMILES string of the molecule is CNCC(=O)N1CCC(C(=O)O)CC1. The average Bonchev–Trinajstić information content (AvgIpc) is 2.18. The summed E-state index contributed by atoms with van der Waals surface area (Å²) in [4.78, 5) is 23.7. The summed E-state index contributed by atoms with van der Waals surface area (Å²) in [6.07, 6.45) is 1.15. The van der Waals surface area contributed by atoms with Crippen LogP contribution in [0.15, 0.2) is 0 Å². The molecule has 0 bridgehead atoms. The topological polar surface area (TPSA) is 69.6 Å². The zero-order valence-electron chi connectivity index (χ0n) is 8.32. The zero-order chi connectivity index (χ0) is 10.6. The third-order valence-electron chi connectivity index (χ3n) is 2.52. The molecule has 2 N–H and O–H groups in total. The van der Waals surface area contributed by atoms with E-state index in [-0.39, 0.29) is 11.8 Å². The molecule has 14 heavy (non-hydrogen) atoms. The van der Waals surface area contributed by atoms with Crippen LogP contribution in [0.1, 0.15) is 12.8 Å². The van der Waals surface area contributed by atoms with Gasteiger partial charge in [-0.1, -0.05) is 0 Å². The van der Waals surface area contributed by atoms with Crippen LogP contribution in [0.5, 0.6) is 0 Å². The van der Waals surface area contributed by atoms with E-state index in [0.29, 0.717) is 32.5 Å². The summed E-state index contributed by atoms with van der Waals surface area (Å²) in [5.74, 6) is -0.962. The normalized spacial score (nSPS) is 18.2. The maximum absolute atomic E-state index is 11.4. The van der Waals surface area contributed by atoms with Crippen LogP contribution in [0.2, 0.25) is 0 Å². The Morgan fingerprint density at radius 3 is 2.43 bits per heavy atom. The van der Waals surface area contributed by atoms with Crippen molar-refractivity contribution in [3.8, 4) is 0 Å². The van der Waals surface area contributed by atoms with E-state index in [2.05, 4.69) is 5.32 Å². The molecule has 5 heteroatoms. The molecule has 1 saturated heterocycles. The van der Waals surface area contributed by atoms with Crippen molar-refractivity contribution >= 4 is 11.9 Å².